The van der Waals surface area contributed by atoms with Crippen LogP contribution in [-0.2, 0) is 6.18 Å². The van der Waals surface area contributed by atoms with Gasteiger partial charge in [0.05, 0.1) is 5.56 Å². The van der Waals surface area contributed by atoms with Gasteiger partial charge in [-0.25, -0.2) is 10.8 Å². The van der Waals surface area contributed by atoms with Crippen LogP contribution in [0.5, 0.6) is 0 Å². The van der Waals surface area contributed by atoms with Gasteiger partial charge in [0.1, 0.15) is 11.6 Å². The SMILES string of the molecule is CCC(Nc1cc(C(F)(F)F)cc(NN)n1)C(C)C. The van der Waals surface area contributed by atoms with Crippen LogP contribution in [0, 0.1) is 5.92 Å². The standard InChI is InChI=1S/C12H19F3N4/c1-4-9(7(2)3)17-10-5-8(12(13,14)15)6-11(18-10)19-16/h5-7,9H,4,16H2,1-3H3,(H2,17,18,19). The average molecular weight is 276 g/mol. The van der Waals surface area contributed by atoms with E-state index in [1.807, 2.05) is 20.8 Å². The quantitative estimate of drug-likeness (QED) is 0.570. The van der Waals surface area contributed by atoms with Crippen LogP contribution in [0.4, 0.5) is 24.8 Å². The second-order valence-corrected chi connectivity index (χ2v) is 4.67. The fourth-order valence-corrected chi connectivity index (χ4v) is 1.77. The first-order chi connectivity index (χ1) is 8.77. The number of nitrogens with one attached hydrogen (secondary N) is 2. The molecule has 19 heavy (non-hydrogen) atoms. The monoisotopic (exact) mass is 276 g/mol. The lowest BCUT2D eigenvalue weighted by Gasteiger charge is -2.22. The first-order valence-corrected chi connectivity index (χ1v) is 6.10. The molecule has 7 heteroatoms. The molecule has 0 fully saturated rings. The zero-order valence-electron chi connectivity index (χ0n) is 11.2. The first-order valence-electron chi connectivity index (χ1n) is 6.10. The summed E-state index contributed by atoms with van der Waals surface area (Å²) in [5.74, 6) is 5.59. The van der Waals surface area contributed by atoms with Gasteiger partial charge in [0, 0.05) is 6.04 Å². The summed E-state index contributed by atoms with van der Waals surface area (Å²) in [6, 6.07) is 1.93. The minimum atomic E-state index is -4.43. The molecule has 0 aromatic carbocycles. The number of nitrogens with zero attached hydrogens (tertiary/aromatic N) is 1. The number of aromatic nitrogens is 1. The number of hydrogen-bond acceptors (Lipinski definition) is 4. The predicted molar refractivity (Wildman–Crippen MR) is 69.6 cm³/mol. The average Bonchev–Trinajstić information content (AvgIpc) is 2.34. The Morgan fingerprint density at radius 2 is 1.84 bits per heavy atom. The largest absolute Gasteiger partial charge is 0.416 e. The van der Waals surface area contributed by atoms with E-state index < -0.39 is 11.7 Å². The van der Waals surface area contributed by atoms with E-state index in [0.29, 0.717) is 0 Å². The van der Waals surface area contributed by atoms with Crippen LogP contribution in [0.3, 0.4) is 0 Å². The van der Waals surface area contributed by atoms with Gasteiger partial charge in [0.15, 0.2) is 0 Å². The van der Waals surface area contributed by atoms with Crippen molar-refractivity contribution in [3.8, 4) is 0 Å². The highest BCUT2D eigenvalue weighted by Crippen LogP contribution is 2.32. The Morgan fingerprint density at radius 3 is 2.26 bits per heavy atom. The van der Waals surface area contributed by atoms with Crippen LogP contribution in [-0.4, -0.2) is 11.0 Å². The molecule has 108 valence electrons. The van der Waals surface area contributed by atoms with Gasteiger partial charge in [-0.2, -0.15) is 13.2 Å². The number of alkyl halides is 3. The van der Waals surface area contributed by atoms with E-state index >= 15 is 0 Å². The second-order valence-electron chi connectivity index (χ2n) is 4.67. The molecule has 1 heterocycles. The Morgan fingerprint density at radius 1 is 1.26 bits per heavy atom. The van der Waals surface area contributed by atoms with Gasteiger partial charge in [-0.1, -0.05) is 20.8 Å². The maximum atomic E-state index is 12.7. The summed E-state index contributed by atoms with van der Waals surface area (Å²) in [6.45, 7) is 5.96. The fourth-order valence-electron chi connectivity index (χ4n) is 1.77. The summed E-state index contributed by atoms with van der Waals surface area (Å²) in [5, 5.41) is 3.01. The number of rotatable bonds is 5. The lowest BCUT2D eigenvalue weighted by atomic mass is 10.0. The van der Waals surface area contributed by atoms with Crippen LogP contribution in [0.15, 0.2) is 12.1 Å². The minimum Gasteiger partial charge on any atom is -0.367 e. The third kappa shape index (κ3) is 4.27. The Balaban J connectivity index is 3.07. The van der Waals surface area contributed by atoms with Gasteiger partial charge in [-0.05, 0) is 24.5 Å². The van der Waals surface area contributed by atoms with E-state index in [4.69, 9.17) is 5.84 Å². The van der Waals surface area contributed by atoms with Crippen molar-refractivity contribution in [3.05, 3.63) is 17.7 Å². The number of hydrazine groups is 1. The highest BCUT2D eigenvalue weighted by Gasteiger charge is 2.31. The zero-order valence-corrected chi connectivity index (χ0v) is 11.2. The van der Waals surface area contributed by atoms with Crippen LogP contribution in [0.25, 0.3) is 0 Å². The number of nitrogen functional groups attached to an aromatic ring is 1. The van der Waals surface area contributed by atoms with E-state index in [1.54, 1.807) is 0 Å². The van der Waals surface area contributed by atoms with E-state index in [1.165, 1.54) is 0 Å². The smallest absolute Gasteiger partial charge is 0.367 e. The van der Waals surface area contributed by atoms with Gasteiger partial charge in [-0.3, -0.25) is 0 Å². The lowest BCUT2D eigenvalue weighted by molar-refractivity contribution is -0.137. The number of anilines is 2. The molecule has 1 unspecified atom stereocenters. The van der Waals surface area contributed by atoms with Crippen molar-refractivity contribution in [1.29, 1.82) is 0 Å². The second kappa shape index (κ2) is 6.10. The molecular weight excluding hydrogens is 257 g/mol. The molecule has 0 saturated carbocycles. The molecule has 0 radical (unpaired) electrons. The van der Waals surface area contributed by atoms with Crippen LogP contribution < -0.4 is 16.6 Å². The van der Waals surface area contributed by atoms with Crippen LogP contribution in [0.2, 0.25) is 0 Å². The van der Waals surface area contributed by atoms with Crippen molar-refractivity contribution in [3.63, 3.8) is 0 Å². The third-order valence-electron chi connectivity index (χ3n) is 2.88. The van der Waals surface area contributed by atoms with E-state index in [-0.39, 0.29) is 23.6 Å². The molecule has 0 spiro atoms. The van der Waals surface area contributed by atoms with Crippen molar-refractivity contribution in [2.75, 3.05) is 10.7 Å². The minimum absolute atomic E-state index is 0.0177. The Labute approximate surface area is 110 Å². The molecule has 0 saturated heterocycles. The summed E-state index contributed by atoms with van der Waals surface area (Å²) in [7, 11) is 0. The van der Waals surface area contributed by atoms with Crippen molar-refractivity contribution in [2.24, 2.45) is 11.8 Å². The summed E-state index contributed by atoms with van der Waals surface area (Å²) < 4.78 is 38.2. The predicted octanol–water partition coefficient (Wildman–Crippen LogP) is 3.23. The molecule has 0 aliphatic heterocycles. The van der Waals surface area contributed by atoms with Crippen LogP contribution in [0.1, 0.15) is 32.8 Å². The molecule has 0 aliphatic rings. The Bertz CT molecular complexity index is 418. The number of nitrogens with two attached hydrogens (primary N) is 1. The molecule has 4 N–H and O–H groups in total. The zero-order chi connectivity index (χ0) is 14.6. The van der Waals surface area contributed by atoms with Crippen LogP contribution >= 0.6 is 0 Å². The first kappa shape index (κ1) is 15.6. The van der Waals surface area contributed by atoms with E-state index in [0.717, 1.165) is 18.6 Å². The molecule has 1 aromatic rings. The molecule has 1 atom stereocenters. The lowest BCUT2D eigenvalue weighted by Crippen LogP contribution is -2.25. The fraction of sp³-hybridized carbons (Fsp3) is 0.583. The normalized spacial score (nSPS) is 13.5. The molecular formula is C12H19F3N4. The molecule has 0 aliphatic carbocycles. The van der Waals surface area contributed by atoms with Crippen molar-refractivity contribution in [1.82, 2.24) is 4.98 Å². The number of halogens is 3. The molecule has 1 rings (SSSR count). The highest BCUT2D eigenvalue weighted by molar-refractivity contribution is 5.49. The summed E-state index contributed by atoms with van der Waals surface area (Å²) in [4.78, 5) is 3.99. The topological polar surface area (TPSA) is 63.0 Å². The molecule has 0 bridgehead atoms. The van der Waals surface area contributed by atoms with Crippen molar-refractivity contribution >= 4 is 11.6 Å². The maximum Gasteiger partial charge on any atom is 0.416 e. The third-order valence-corrected chi connectivity index (χ3v) is 2.88. The number of hydrogen-bond donors (Lipinski definition) is 3. The Kier molecular flexibility index (Phi) is 4.99. The molecule has 1 aromatic heterocycles. The van der Waals surface area contributed by atoms with Crippen molar-refractivity contribution < 1.29 is 13.2 Å². The summed E-state index contributed by atoms with van der Waals surface area (Å²) >= 11 is 0. The molecule has 0 amide bonds. The summed E-state index contributed by atoms with van der Waals surface area (Å²) in [6.07, 6.45) is -3.63. The Hall–Kier alpha value is -1.50. The van der Waals surface area contributed by atoms with Gasteiger partial charge in [0.2, 0.25) is 0 Å². The number of pyridine rings is 1. The molecule has 4 nitrogen and oxygen atoms in total. The highest BCUT2D eigenvalue weighted by atomic mass is 19.4. The summed E-state index contributed by atoms with van der Waals surface area (Å²) in [5.41, 5.74) is 1.37. The van der Waals surface area contributed by atoms with Gasteiger partial charge in [0.25, 0.3) is 0 Å². The van der Waals surface area contributed by atoms with Crippen molar-refractivity contribution in [2.45, 2.75) is 39.4 Å². The van der Waals surface area contributed by atoms with Gasteiger partial charge < -0.3 is 10.7 Å². The van der Waals surface area contributed by atoms with Gasteiger partial charge in [-0.15, -0.1) is 0 Å². The van der Waals surface area contributed by atoms with E-state index in [2.05, 4.69) is 15.7 Å². The van der Waals surface area contributed by atoms with E-state index in [9.17, 15) is 13.2 Å². The maximum absolute atomic E-state index is 12.7. The van der Waals surface area contributed by atoms with Gasteiger partial charge >= 0.3 is 6.18 Å².